The lowest BCUT2D eigenvalue weighted by molar-refractivity contribution is -0.0117. The highest BCUT2D eigenvalue weighted by atomic mass is 16.5. The Hall–Kier alpha value is -1.10. The summed E-state index contributed by atoms with van der Waals surface area (Å²) in [5.74, 6) is 0.975. The van der Waals surface area contributed by atoms with Gasteiger partial charge in [0.05, 0.1) is 20.3 Å². The van der Waals surface area contributed by atoms with Crippen LogP contribution in [0.4, 0.5) is 0 Å². The number of hydrogen-bond acceptors (Lipinski definition) is 4. The van der Waals surface area contributed by atoms with Gasteiger partial charge in [-0.2, -0.15) is 0 Å². The zero-order valence-corrected chi connectivity index (χ0v) is 13.7. The van der Waals surface area contributed by atoms with Crippen LogP contribution in [0.5, 0.6) is 5.75 Å². The van der Waals surface area contributed by atoms with Gasteiger partial charge in [-0.05, 0) is 13.0 Å². The maximum Gasteiger partial charge on any atom is 0.123 e. The van der Waals surface area contributed by atoms with Crippen LogP contribution in [0, 0.1) is 6.92 Å². The third-order valence-corrected chi connectivity index (χ3v) is 3.92. The van der Waals surface area contributed by atoms with Crippen LogP contribution in [0.1, 0.15) is 25.0 Å². The Kier molecular flexibility index (Phi) is 6.03. The van der Waals surface area contributed by atoms with E-state index in [9.17, 15) is 0 Å². The highest BCUT2D eigenvalue weighted by molar-refractivity contribution is 5.36. The fourth-order valence-electron chi connectivity index (χ4n) is 2.71. The lowest BCUT2D eigenvalue weighted by Gasteiger charge is -2.36. The number of rotatable bonds is 6. The van der Waals surface area contributed by atoms with E-state index >= 15 is 0 Å². The van der Waals surface area contributed by atoms with Crippen LogP contribution in [0.3, 0.4) is 0 Å². The van der Waals surface area contributed by atoms with Gasteiger partial charge in [-0.25, -0.2) is 0 Å². The van der Waals surface area contributed by atoms with E-state index < -0.39 is 0 Å². The summed E-state index contributed by atoms with van der Waals surface area (Å²) < 4.78 is 11.2. The number of methoxy groups -OCH3 is 1. The van der Waals surface area contributed by atoms with Crippen molar-refractivity contribution >= 4 is 0 Å². The van der Waals surface area contributed by atoms with Gasteiger partial charge in [-0.15, -0.1) is 0 Å². The third-order valence-electron chi connectivity index (χ3n) is 3.92. The first-order valence-electron chi connectivity index (χ1n) is 7.79. The maximum atomic E-state index is 5.65. The predicted molar refractivity (Wildman–Crippen MR) is 85.9 cm³/mol. The molecule has 1 fully saturated rings. The van der Waals surface area contributed by atoms with Crippen molar-refractivity contribution in [3.63, 3.8) is 0 Å². The van der Waals surface area contributed by atoms with Crippen molar-refractivity contribution in [3.05, 3.63) is 29.3 Å². The molecule has 0 saturated carbocycles. The third kappa shape index (κ3) is 4.70. The quantitative estimate of drug-likeness (QED) is 0.871. The predicted octanol–water partition coefficient (Wildman–Crippen LogP) is 2.20. The van der Waals surface area contributed by atoms with Crippen molar-refractivity contribution in [2.45, 2.75) is 39.4 Å². The number of aryl methyl sites for hydroxylation is 1. The molecule has 0 radical (unpaired) electrons. The number of benzene rings is 1. The molecule has 4 nitrogen and oxygen atoms in total. The van der Waals surface area contributed by atoms with Crippen LogP contribution in [0.15, 0.2) is 18.2 Å². The Morgan fingerprint density at radius 2 is 2.24 bits per heavy atom. The van der Waals surface area contributed by atoms with Gasteiger partial charge in [0.2, 0.25) is 0 Å². The summed E-state index contributed by atoms with van der Waals surface area (Å²) >= 11 is 0. The largest absolute Gasteiger partial charge is 0.496 e. The monoisotopic (exact) mass is 292 g/mol. The lowest BCUT2D eigenvalue weighted by Crippen LogP contribution is -2.50. The molecule has 1 saturated heterocycles. The van der Waals surface area contributed by atoms with Gasteiger partial charge < -0.3 is 14.8 Å². The highest BCUT2D eigenvalue weighted by Gasteiger charge is 2.24. The molecule has 4 heteroatoms. The molecule has 1 N–H and O–H groups in total. The van der Waals surface area contributed by atoms with E-state index in [1.165, 1.54) is 11.1 Å². The van der Waals surface area contributed by atoms with Crippen molar-refractivity contribution in [2.24, 2.45) is 0 Å². The van der Waals surface area contributed by atoms with Crippen molar-refractivity contribution in [3.8, 4) is 5.75 Å². The van der Waals surface area contributed by atoms with Crippen LogP contribution in [-0.2, 0) is 11.3 Å². The normalized spacial score (nSPS) is 20.0. The molecular weight excluding hydrogens is 264 g/mol. The van der Waals surface area contributed by atoms with E-state index in [0.29, 0.717) is 12.1 Å². The second-order valence-corrected chi connectivity index (χ2v) is 6.08. The fourth-order valence-corrected chi connectivity index (χ4v) is 2.71. The molecule has 0 amide bonds. The summed E-state index contributed by atoms with van der Waals surface area (Å²) in [6, 6.07) is 7.31. The fraction of sp³-hybridized carbons (Fsp3) is 0.647. The first-order chi connectivity index (χ1) is 10.1. The second-order valence-electron chi connectivity index (χ2n) is 6.08. The summed E-state index contributed by atoms with van der Waals surface area (Å²) in [7, 11) is 1.74. The molecule has 1 aliphatic rings. The lowest BCUT2D eigenvalue weighted by atomic mass is 10.1. The second kappa shape index (κ2) is 7.78. The maximum absolute atomic E-state index is 5.65. The number of nitrogens with one attached hydrogen (secondary N) is 1. The molecule has 1 aromatic carbocycles. The molecule has 21 heavy (non-hydrogen) atoms. The van der Waals surface area contributed by atoms with Gasteiger partial charge in [0.15, 0.2) is 0 Å². The minimum Gasteiger partial charge on any atom is -0.496 e. The van der Waals surface area contributed by atoms with Crippen LogP contribution in [0.2, 0.25) is 0 Å². The van der Waals surface area contributed by atoms with Gasteiger partial charge >= 0.3 is 0 Å². The van der Waals surface area contributed by atoms with Gasteiger partial charge in [-0.3, -0.25) is 4.90 Å². The molecule has 1 atom stereocenters. The van der Waals surface area contributed by atoms with Gasteiger partial charge in [0.1, 0.15) is 5.75 Å². The summed E-state index contributed by atoms with van der Waals surface area (Å²) in [4.78, 5) is 2.50. The molecule has 0 aliphatic carbocycles. The summed E-state index contributed by atoms with van der Waals surface area (Å²) in [5, 5.41) is 3.52. The van der Waals surface area contributed by atoms with E-state index in [4.69, 9.17) is 9.47 Å². The van der Waals surface area contributed by atoms with E-state index in [2.05, 4.69) is 49.2 Å². The van der Waals surface area contributed by atoms with Crippen LogP contribution in [0.25, 0.3) is 0 Å². The molecule has 2 rings (SSSR count). The number of hydrogen-bond donors (Lipinski definition) is 1. The SMILES string of the molecule is COc1ccc(C)cc1CN1CCOCC1CNC(C)C. The number of morpholine rings is 1. The first kappa shape index (κ1) is 16.3. The van der Waals surface area contributed by atoms with E-state index in [1.54, 1.807) is 7.11 Å². The molecule has 0 bridgehead atoms. The van der Waals surface area contributed by atoms with E-state index in [1.807, 2.05) is 0 Å². The zero-order chi connectivity index (χ0) is 15.2. The van der Waals surface area contributed by atoms with Gasteiger partial charge in [-0.1, -0.05) is 31.5 Å². The summed E-state index contributed by atoms with van der Waals surface area (Å²) in [6.07, 6.45) is 0. The van der Waals surface area contributed by atoms with Crippen molar-refractivity contribution in [1.82, 2.24) is 10.2 Å². The summed E-state index contributed by atoms with van der Waals surface area (Å²) in [5.41, 5.74) is 2.53. The first-order valence-corrected chi connectivity index (χ1v) is 7.79. The van der Waals surface area contributed by atoms with E-state index in [-0.39, 0.29) is 0 Å². The van der Waals surface area contributed by atoms with Crippen LogP contribution >= 0.6 is 0 Å². The Labute approximate surface area is 128 Å². The standard InChI is InChI=1S/C17H28N2O2/c1-13(2)18-10-16-12-21-8-7-19(16)11-15-9-14(3)5-6-17(15)20-4/h5-6,9,13,16,18H,7-8,10-12H2,1-4H3. The zero-order valence-electron chi connectivity index (χ0n) is 13.7. The average Bonchev–Trinajstić information content (AvgIpc) is 2.46. The Balaban J connectivity index is 2.06. The molecular formula is C17H28N2O2. The Bertz CT molecular complexity index is 448. The van der Waals surface area contributed by atoms with Gasteiger partial charge in [0.25, 0.3) is 0 Å². The number of nitrogens with zero attached hydrogens (tertiary/aromatic N) is 1. The van der Waals surface area contributed by atoms with E-state index in [0.717, 1.165) is 38.6 Å². The Morgan fingerprint density at radius 1 is 1.43 bits per heavy atom. The molecule has 118 valence electrons. The molecule has 0 spiro atoms. The molecule has 0 aromatic heterocycles. The minimum absolute atomic E-state index is 0.423. The van der Waals surface area contributed by atoms with Crippen LogP contribution < -0.4 is 10.1 Å². The highest BCUT2D eigenvalue weighted by Crippen LogP contribution is 2.23. The molecule has 1 aliphatic heterocycles. The Morgan fingerprint density at radius 3 is 2.95 bits per heavy atom. The smallest absolute Gasteiger partial charge is 0.123 e. The van der Waals surface area contributed by atoms with Crippen LogP contribution in [-0.4, -0.2) is 50.4 Å². The van der Waals surface area contributed by atoms with Crippen molar-refractivity contribution in [1.29, 1.82) is 0 Å². The van der Waals surface area contributed by atoms with Gasteiger partial charge in [0, 0.05) is 37.3 Å². The van der Waals surface area contributed by atoms with Crippen molar-refractivity contribution in [2.75, 3.05) is 33.4 Å². The average molecular weight is 292 g/mol. The van der Waals surface area contributed by atoms with Crippen molar-refractivity contribution < 1.29 is 9.47 Å². The molecule has 1 unspecified atom stereocenters. The molecule has 1 heterocycles. The molecule has 1 aromatic rings. The topological polar surface area (TPSA) is 33.7 Å². The number of ether oxygens (including phenoxy) is 2. The minimum atomic E-state index is 0.423. The summed E-state index contributed by atoms with van der Waals surface area (Å²) in [6.45, 7) is 10.9.